The number of rotatable bonds is 10. The van der Waals surface area contributed by atoms with Gasteiger partial charge in [0.05, 0.1) is 23.0 Å². The first-order valence-corrected chi connectivity index (χ1v) is 12.5. The molecular weight excluding hydrogens is 516 g/mol. The summed E-state index contributed by atoms with van der Waals surface area (Å²) >= 11 is 4.83. The summed E-state index contributed by atoms with van der Waals surface area (Å²) in [4.78, 5) is 20.8. The average Bonchev–Trinajstić information content (AvgIpc) is 2.78. The summed E-state index contributed by atoms with van der Waals surface area (Å²) in [6, 6.07) is 13.8. The van der Waals surface area contributed by atoms with E-state index >= 15 is 0 Å². The van der Waals surface area contributed by atoms with E-state index < -0.39 is 0 Å². The second-order valence-corrected chi connectivity index (χ2v) is 9.35. The molecule has 178 valence electrons. The lowest BCUT2D eigenvalue weighted by Gasteiger charge is -2.15. The van der Waals surface area contributed by atoms with Gasteiger partial charge in [0.1, 0.15) is 6.61 Å². The van der Waals surface area contributed by atoms with Crippen molar-refractivity contribution in [3.05, 3.63) is 75.0 Å². The lowest BCUT2D eigenvalue weighted by atomic mass is 10.2. The maximum absolute atomic E-state index is 12.2. The normalized spacial score (nSPS) is 11.0. The van der Waals surface area contributed by atoms with Gasteiger partial charge in [-0.1, -0.05) is 41.6 Å². The number of aryl methyl sites for hydroxylation is 3. The van der Waals surface area contributed by atoms with Gasteiger partial charge in [-0.05, 0) is 73.0 Å². The third-order valence-electron chi connectivity index (χ3n) is 4.53. The van der Waals surface area contributed by atoms with E-state index in [1.54, 1.807) is 6.21 Å². The SMILES string of the molecule is CCOc1cc(/C=N\NC(=O)CSc2nc(C)cc(C)n2)cc(Br)c1OCc1ccc(C)cc1. The summed E-state index contributed by atoms with van der Waals surface area (Å²) in [5.41, 5.74) is 7.30. The molecule has 7 nitrogen and oxygen atoms in total. The Bertz CT molecular complexity index is 1150. The molecule has 3 rings (SSSR count). The Labute approximate surface area is 212 Å². The molecule has 1 amide bonds. The molecule has 3 aromatic rings. The third-order valence-corrected chi connectivity index (χ3v) is 5.97. The summed E-state index contributed by atoms with van der Waals surface area (Å²) < 4.78 is 12.6. The van der Waals surface area contributed by atoms with Crippen LogP contribution in [0.1, 0.15) is 35.0 Å². The molecule has 0 saturated carbocycles. The number of amides is 1. The number of aromatic nitrogens is 2. The monoisotopic (exact) mass is 542 g/mol. The first-order chi connectivity index (χ1) is 16.3. The van der Waals surface area contributed by atoms with Crippen LogP contribution in [-0.4, -0.2) is 34.4 Å². The molecule has 0 radical (unpaired) electrons. The van der Waals surface area contributed by atoms with Crippen molar-refractivity contribution in [2.45, 2.75) is 39.5 Å². The van der Waals surface area contributed by atoms with Crippen molar-refractivity contribution in [3.8, 4) is 11.5 Å². The van der Waals surface area contributed by atoms with Gasteiger partial charge in [0.15, 0.2) is 16.7 Å². The molecule has 0 aliphatic rings. The molecule has 34 heavy (non-hydrogen) atoms. The molecular formula is C25H27BrN4O3S. The van der Waals surface area contributed by atoms with Crippen molar-refractivity contribution in [1.29, 1.82) is 0 Å². The van der Waals surface area contributed by atoms with Gasteiger partial charge in [-0.25, -0.2) is 15.4 Å². The summed E-state index contributed by atoms with van der Waals surface area (Å²) in [7, 11) is 0. The minimum atomic E-state index is -0.244. The van der Waals surface area contributed by atoms with Gasteiger partial charge in [0, 0.05) is 11.4 Å². The minimum absolute atomic E-state index is 0.167. The zero-order chi connectivity index (χ0) is 24.5. The lowest BCUT2D eigenvalue weighted by molar-refractivity contribution is -0.118. The fraction of sp³-hybridized carbons (Fsp3) is 0.280. The lowest BCUT2D eigenvalue weighted by Crippen LogP contribution is -2.19. The molecule has 0 unspecified atom stereocenters. The van der Waals surface area contributed by atoms with Gasteiger partial charge >= 0.3 is 0 Å². The van der Waals surface area contributed by atoms with Crippen LogP contribution in [-0.2, 0) is 11.4 Å². The summed E-state index contributed by atoms with van der Waals surface area (Å²) in [5.74, 6) is 1.14. The molecule has 1 N–H and O–H groups in total. The van der Waals surface area contributed by atoms with Gasteiger partial charge in [-0.15, -0.1) is 0 Å². The molecule has 2 aromatic carbocycles. The number of thioether (sulfide) groups is 1. The highest BCUT2D eigenvalue weighted by Crippen LogP contribution is 2.37. The summed E-state index contributed by atoms with van der Waals surface area (Å²) in [6.45, 7) is 8.67. The van der Waals surface area contributed by atoms with E-state index in [0.717, 1.165) is 27.0 Å². The number of hydrogen-bond acceptors (Lipinski definition) is 7. The highest BCUT2D eigenvalue weighted by atomic mass is 79.9. The van der Waals surface area contributed by atoms with Crippen molar-refractivity contribution in [2.24, 2.45) is 5.10 Å². The van der Waals surface area contributed by atoms with E-state index in [9.17, 15) is 4.79 Å². The van der Waals surface area contributed by atoms with Crippen molar-refractivity contribution in [1.82, 2.24) is 15.4 Å². The van der Waals surface area contributed by atoms with E-state index in [-0.39, 0.29) is 11.7 Å². The highest BCUT2D eigenvalue weighted by molar-refractivity contribution is 9.10. The molecule has 0 aliphatic carbocycles. The van der Waals surface area contributed by atoms with Gasteiger partial charge in [-0.3, -0.25) is 4.79 Å². The molecule has 0 spiro atoms. The Balaban J connectivity index is 1.61. The van der Waals surface area contributed by atoms with Crippen LogP contribution in [0.4, 0.5) is 0 Å². The predicted octanol–water partition coefficient (Wildman–Crippen LogP) is 5.38. The maximum Gasteiger partial charge on any atom is 0.250 e. The number of carbonyl (C=O) groups is 1. The predicted molar refractivity (Wildman–Crippen MR) is 139 cm³/mol. The minimum Gasteiger partial charge on any atom is -0.490 e. The van der Waals surface area contributed by atoms with Crippen molar-refractivity contribution in [3.63, 3.8) is 0 Å². The van der Waals surface area contributed by atoms with Gasteiger partial charge in [0.25, 0.3) is 5.91 Å². The summed E-state index contributed by atoms with van der Waals surface area (Å²) in [6.07, 6.45) is 1.56. The Hall–Kier alpha value is -2.91. The van der Waals surface area contributed by atoms with Crippen molar-refractivity contribution < 1.29 is 14.3 Å². The fourth-order valence-electron chi connectivity index (χ4n) is 3.00. The smallest absolute Gasteiger partial charge is 0.250 e. The number of hydrogen-bond donors (Lipinski definition) is 1. The van der Waals surface area contributed by atoms with Gasteiger partial charge in [0.2, 0.25) is 0 Å². The molecule has 0 saturated heterocycles. The van der Waals surface area contributed by atoms with E-state index in [4.69, 9.17) is 9.47 Å². The van der Waals surface area contributed by atoms with E-state index in [1.807, 2.05) is 51.1 Å². The number of halogens is 1. The molecule has 9 heteroatoms. The van der Waals surface area contributed by atoms with Crippen molar-refractivity contribution in [2.75, 3.05) is 12.4 Å². The largest absolute Gasteiger partial charge is 0.490 e. The van der Waals surface area contributed by atoms with Crippen LogP contribution in [0, 0.1) is 20.8 Å². The number of nitrogens with one attached hydrogen (secondary N) is 1. The zero-order valence-electron chi connectivity index (χ0n) is 19.6. The first kappa shape index (κ1) is 25.7. The first-order valence-electron chi connectivity index (χ1n) is 10.8. The van der Waals surface area contributed by atoms with Gasteiger partial charge < -0.3 is 9.47 Å². The second kappa shape index (κ2) is 12.5. The van der Waals surface area contributed by atoms with Crippen LogP contribution in [0.2, 0.25) is 0 Å². The maximum atomic E-state index is 12.2. The topological polar surface area (TPSA) is 85.7 Å². The van der Waals surface area contributed by atoms with Crippen LogP contribution >= 0.6 is 27.7 Å². The standard InChI is InChI=1S/C25H27BrN4O3S/c1-5-32-22-12-20(11-21(26)24(22)33-14-19-8-6-16(2)7-9-19)13-27-30-23(31)15-34-25-28-17(3)10-18(4)29-25/h6-13H,5,14-15H2,1-4H3,(H,30,31)/b27-13-. The number of hydrazone groups is 1. The quantitative estimate of drug-likeness (QED) is 0.160. The van der Waals surface area contributed by atoms with E-state index in [2.05, 4.69) is 55.5 Å². The van der Waals surface area contributed by atoms with E-state index in [1.165, 1.54) is 17.3 Å². The number of carbonyl (C=O) groups excluding carboxylic acids is 1. The Kier molecular flexibility index (Phi) is 9.47. The molecule has 0 atom stereocenters. The van der Waals surface area contributed by atoms with Crippen LogP contribution in [0.25, 0.3) is 0 Å². The van der Waals surface area contributed by atoms with Crippen LogP contribution < -0.4 is 14.9 Å². The fourth-order valence-corrected chi connectivity index (χ4v) is 4.32. The Morgan fingerprint density at radius 1 is 1.09 bits per heavy atom. The van der Waals surface area contributed by atoms with Crippen molar-refractivity contribution >= 4 is 39.8 Å². The van der Waals surface area contributed by atoms with Crippen LogP contribution in [0.3, 0.4) is 0 Å². The zero-order valence-corrected chi connectivity index (χ0v) is 22.0. The van der Waals surface area contributed by atoms with E-state index in [0.29, 0.717) is 29.9 Å². The van der Waals surface area contributed by atoms with Gasteiger partial charge in [-0.2, -0.15) is 5.10 Å². The number of ether oxygens (including phenoxy) is 2. The Morgan fingerprint density at radius 3 is 2.47 bits per heavy atom. The number of benzene rings is 2. The molecule has 0 aliphatic heterocycles. The summed E-state index contributed by atoms with van der Waals surface area (Å²) in [5, 5.41) is 4.64. The molecule has 1 aromatic heterocycles. The third kappa shape index (κ3) is 7.85. The average molecular weight is 543 g/mol. The Morgan fingerprint density at radius 2 is 1.79 bits per heavy atom. The second-order valence-electron chi connectivity index (χ2n) is 7.55. The number of nitrogens with zero attached hydrogens (tertiary/aromatic N) is 3. The van der Waals surface area contributed by atoms with Crippen LogP contribution in [0.5, 0.6) is 11.5 Å². The highest BCUT2D eigenvalue weighted by Gasteiger charge is 2.12. The van der Waals surface area contributed by atoms with Crippen LogP contribution in [0.15, 0.2) is 57.2 Å². The molecule has 1 heterocycles. The molecule has 0 bridgehead atoms. The molecule has 0 fully saturated rings.